The Morgan fingerprint density at radius 3 is 2.56 bits per heavy atom. The number of nitrogens with one attached hydrogen (secondary N) is 1. The predicted molar refractivity (Wildman–Crippen MR) is 122 cm³/mol. The number of carbonyl (C=O) groups is 1. The maximum atomic E-state index is 13.1. The third-order valence-electron chi connectivity index (χ3n) is 4.90. The number of fused-ring (bicyclic) bond motifs is 1. The normalized spacial score (nSPS) is 11.8. The Kier molecular flexibility index (Phi) is 6.60. The highest BCUT2D eigenvalue weighted by Crippen LogP contribution is 2.33. The first-order valence-electron chi connectivity index (χ1n) is 10.4. The first-order valence-corrected chi connectivity index (χ1v) is 10.4. The molecule has 0 saturated heterocycles. The van der Waals surface area contributed by atoms with Crippen molar-refractivity contribution in [2.24, 2.45) is 0 Å². The summed E-state index contributed by atoms with van der Waals surface area (Å²) in [5.74, 6) is 0.535. The van der Waals surface area contributed by atoms with Gasteiger partial charge in [-0.15, -0.1) is 0 Å². The van der Waals surface area contributed by atoms with Crippen molar-refractivity contribution in [1.82, 2.24) is 0 Å². The molecule has 34 heavy (non-hydrogen) atoms. The fourth-order valence-corrected chi connectivity index (χ4v) is 3.31. The molecule has 4 rings (SSSR count). The number of carbonyl (C=O) groups excluding carboxylic acids is 1. The molecule has 0 amide bonds. The molecule has 3 aromatic carbocycles. The van der Waals surface area contributed by atoms with Gasteiger partial charge in [-0.1, -0.05) is 18.2 Å². The fourth-order valence-electron chi connectivity index (χ4n) is 3.31. The Hall–Kier alpha value is -4.18. The molecule has 0 fully saturated rings. The van der Waals surface area contributed by atoms with Crippen LogP contribution in [-0.4, -0.2) is 17.8 Å². The molecule has 0 spiro atoms. The number of aryl methyl sites for hydroxylation is 1. The van der Waals surface area contributed by atoms with Crippen LogP contribution in [0.15, 0.2) is 75.9 Å². The van der Waals surface area contributed by atoms with Crippen molar-refractivity contribution in [2.75, 3.05) is 6.61 Å². The number of ether oxygens (including phenoxy) is 3. The molecule has 0 aliphatic heterocycles. The van der Waals surface area contributed by atoms with Crippen molar-refractivity contribution in [1.29, 1.82) is 0 Å². The van der Waals surface area contributed by atoms with E-state index in [0.29, 0.717) is 18.1 Å². The zero-order valence-corrected chi connectivity index (χ0v) is 18.4. The third-order valence-corrected chi connectivity index (χ3v) is 4.90. The van der Waals surface area contributed by atoms with Gasteiger partial charge in [0.2, 0.25) is 11.2 Å². The smallest absolute Gasteiger partial charge is 0.343 e. The van der Waals surface area contributed by atoms with Crippen molar-refractivity contribution in [3.05, 3.63) is 93.5 Å². The third kappa shape index (κ3) is 4.76. The number of rotatable bonds is 7. The summed E-state index contributed by atoms with van der Waals surface area (Å²) in [6.07, 6.45) is 0. The van der Waals surface area contributed by atoms with Gasteiger partial charge in [0.05, 0.1) is 17.6 Å². The van der Waals surface area contributed by atoms with Crippen LogP contribution in [0.5, 0.6) is 23.0 Å². The molecule has 0 saturated carbocycles. The van der Waals surface area contributed by atoms with E-state index in [0.717, 1.165) is 0 Å². The zero-order chi connectivity index (χ0) is 24.2. The van der Waals surface area contributed by atoms with Crippen molar-refractivity contribution >= 4 is 22.6 Å². The van der Waals surface area contributed by atoms with Gasteiger partial charge in [-0.25, -0.2) is 10.0 Å². The molecule has 1 unspecified atom stereocenters. The number of para-hydroxylation sites is 2. The highest BCUT2D eigenvalue weighted by Gasteiger charge is 2.18. The number of esters is 1. The first kappa shape index (κ1) is 23.0. The summed E-state index contributed by atoms with van der Waals surface area (Å²) in [6.45, 7) is 3.88. The molecule has 4 aromatic rings. The van der Waals surface area contributed by atoms with Crippen molar-refractivity contribution < 1.29 is 33.9 Å². The Morgan fingerprint density at radius 1 is 1.06 bits per heavy atom. The van der Waals surface area contributed by atoms with Gasteiger partial charge in [0.1, 0.15) is 17.1 Å². The molecule has 1 aromatic heterocycles. The lowest BCUT2D eigenvalue weighted by molar-refractivity contribution is -0.991. The number of quaternary nitrogens is 1. The van der Waals surface area contributed by atoms with Crippen LogP contribution in [0.4, 0.5) is 5.69 Å². The SMILES string of the molecule is CCOc1ccccc1Oc1c(C)oc2cc(OC(=O)c3cccc([NH+]([O-])O)c3)ccc2c1=O. The van der Waals surface area contributed by atoms with E-state index in [1.165, 1.54) is 42.5 Å². The average Bonchev–Trinajstić information content (AvgIpc) is 2.83. The summed E-state index contributed by atoms with van der Waals surface area (Å²) in [7, 11) is 0. The van der Waals surface area contributed by atoms with Crippen LogP contribution in [0.3, 0.4) is 0 Å². The van der Waals surface area contributed by atoms with E-state index < -0.39 is 16.6 Å². The average molecular weight is 463 g/mol. The minimum absolute atomic E-state index is 0.0230. The number of hydrogen-bond acceptors (Lipinski definition) is 8. The lowest BCUT2D eigenvalue weighted by Gasteiger charge is -2.13. The van der Waals surface area contributed by atoms with Gasteiger partial charge in [0, 0.05) is 18.2 Å². The van der Waals surface area contributed by atoms with Gasteiger partial charge in [-0.3, -0.25) is 4.79 Å². The van der Waals surface area contributed by atoms with Gasteiger partial charge in [0.15, 0.2) is 17.2 Å². The van der Waals surface area contributed by atoms with Crippen LogP contribution in [0, 0.1) is 12.1 Å². The van der Waals surface area contributed by atoms with Gasteiger partial charge in [-0.05, 0) is 44.2 Å². The van der Waals surface area contributed by atoms with E-state index >= 15 is 0 Å². The van der Waals surface area contributed by atoms with E-state index in [-0.39, 0.29) is 39.5 Å². The Bertz CT molecular complexity index is 1410. The van der Waals surface area contributed by atoms with E-state index in [4.69, 9.17) is 23.8 Å². The Morgan fingerprint density at radius 2 is 1.82 bits per heavy atom. The Balaban J connectivity index is 1.63. The minimum atomic E-state index is -1.15. The second kappa shape index (κ2) is 9.75. The van der Waals surface area contributed by atoms with E-state index in [1.807, 2.05) is 6.92 Å². The minimum Gasteiger partial charge on any atom is -0.595 e. The second-order valence-corrected chi connectivity index (χ2v) is 7.23. The molecule has 0 aliphatic carbocycles. The molecule has 9 nitrogen and oxygen atoms in total. The first-order chi connectivity index (χ1) is 16.4. The zero-order valence-electron chi connectivity index (χ0n) is 18.4. The van der Waals surface area contributed by atoms with Crippen LogP contribution in [0.25, 0.3) is 11.0 Å². The maximum Gasteiger partial charge on any atom is 0.343 e. The molecule has 2 N–H and O–H groups in total. The summed E-state index contributed by atoms with van der Waals surface area (Å²) in [6, 6.07) is 16.8. The maximum absolute atomic E-state index is 13.1. The summed E-state index contributed by atoms with van der Waals surface area (Å²) >= 11 is 0. The standard InChI is InChI=1S/C25H21NO8/c1-3-31-20-9-4-5-10-21(20)34-24-15(2)32-22-14-18(11-12-19(22)23(24)27)33-25(28)16-7-6-8-17(13-16)26(29)30/h4-14,26,29H,3H2,1-2H3. The molecule has 174 valence electrons. The quantitative estimate of drug-likeness (QED) is 0.240. The van der Waals surface area contributed by atoms with E-state index in [1.54, 1.807) is 31.2 Å². The highest BCUT2D eigenvalue weighted by atomic mass is 16.8. The molecule has 0 radical (unpaired) electrons. The molecule has 0 aliphatic rings. The van der Waals surface area contributed by atoms with E-state index in [9.17, 15) is 14.8 Å². The van der Waals surface area contributed by atoms with Crippen LogP contribution in [0.2, 0.25) is 0 Å². The summed E-state index contributed by atoms with van der Waals surface area (Å²) in [4.78, 5) is 25.6. The molecule has 9 heteroatoms. The predicted octanol–water partition coefficient (Wildman–Crippen LogP) is 3.92. The largest absolute Gasteiger partial charge is 0.595 e. The summed E-state index contributed by atoms with van der Waals surface area (Å²) in [5.41, 5.74) is -0.142. The number of benzene rings is 3. The van der Waals surface area contributed by atoms with E-state index in [2.05, 4.69) is 0 Å². The molecule has 1 atom stereocenters. The monoisotopic (exact) mass is 463 g/mol. The summed E-state index contributed by atoms with van der Waals surface area (Å²) in [5, 5.41) is 19.3. The van der Waals surface area contributed by atoms with Crippen molar-refractivity contribution in [3.63, 3.8) is 0 Å². The molecular formula is C25H21NO8. The molecule has 0 bridgehead atoms. The lowest BCUT2D eigenvalue weighted by Crippen LogP contribution is -2.99. The topological polar surface area (TPSA) is 123 Å². The van der Waals surface area contributed by atoms with Crippen molar-refractivity contribution in [2.45, 2.75) is 13.8 Å². The lowest BCUT2D eigenvalue weighted by atomic mass is 10.2. The van der Waals surface area contributed by atoms with Crippen LogP contribution < -0.4 is 24.9 Å². The van der Waals surface area contributed by atoms with Crippen LogP contribution in [0.1, 0.15) is 23.0 Å². The summed E-state index contributed by atoms with van der Waals surface area (Å²) < 4.78 is 22.5. The second-order valence-electron chi connectivity index (χ2n) is 7.23. The van der Waals surface area contributed by atoms with Gasteiger partial charge >= 0.3 is 5.97 Å². The van der Waals surface area contributed by atoms with Gasteiger partial charge < -0.3 is 23.8 Å². The van der Waals surface area contributed by atoms with Gasteiger partial charge in [0.25, 0.3) is 0 Å². The fraction of sp³-hybridized carbons (Fsp3) is 0.120. The van der Waals surface area contributed by atoms with Crippen molar-refractivity contribution in [3.8, 4) is 23.0 Å². The highest BCUT2D eigenvalue weighted by molar-refractivity contribution is 5.92. The van der Waals surface area contributed by atoms with Crippen LogP contribution >= 0.6 is 0 Å². The van der Waals surface area contributed by atoms with Crippen LogP contribution in [-0.2, 0) is 0 Å². The van der Waals surface area contributed by atoms with Gasteiger partial charge in [-0.2, -0.15) is 5.23 Å². The number of hydrogen-bond donors (Lipinski definition) is 2. The Labute approximate surface area is 193 Å². The molecular weight excluding hydrogens is 442 g/mol. The molecule has 1 heterocycles.